The van der Waals surface area contributed by atoms with Crippen LogP contribution in [0.5, 0.6) is 0 Å². The van der Waals surface area contributed by atoms with Crippen molar-refractivity contribution >= 4 is 0 Å². The average Bonchev–Trinajstić information content (AvgIpc) is 2.13. The van der Waals surface area contributed by atoms with E-state index in [1.165, 1.54) is 5.56 Å². The van der Waals surface area contributed by atoms with Crippen molar-refractivity contribution in [3.63, 3.8) is 0 Å². The van der Waals surface area contributed by atoms with Gasteiger partial charge in [-0.25, -0.2) is 4.39 Å². The number of alkyl halides is 1. The van der Waals surface area contributed by atoms with Gasteiger partial charge < -0.3 is 4.57 Å². The Morgan fingerprint density at radius 3 is 2.60 bits per heavy atom. The molecule has 0 radical (unpaired) electrons. The van der Waals surface area contributed by atoms with Crippen LogP contribution in [-0.2, 0) is 6.54 Å². The second kappa shape index (κ2) is 2.86. The van der Waals surface area contributed by atoms with Gasteiger partial charge in [-0.15, -0.1) is 0 Å². The summed E-state index contributed by atoms with van der Waals surface area (Å²) in [6, 6.07) is 2.05. The highest BCUT2D eigenvalue weighted by molar-refractivity contribution is 5.15. The van der Waals surface area contributed by atoms with Crippen LogP contribution in [0.25, 0.3) is 0 Å². The quantitative estimate of drug-likeness (QED) is 0.594. The number of hydrogen-bond donors (Lipinski definition) is 0. The molecule has 1 nitrogen and oxygen atoms in total. The molecule has 10 heavy (non-hydrogen) atoms. The SMILES string of the molecule is Cc1cc(C)n(CCF)c1. The lowest BCUT2D eigenvalue weighted by Gasteiger charge is -1.99. The fourth-order valence-electron chi connectivity index (χ4n) is 1.13. The fourth-order valence-corrected chi connectivity index (χ4v) is 1.13. The van der Waals surface area contributed by atoms with Crippen LogP contribution in [-0.4, -0.2) is 11.2 Å². The number of halogens is 1. The molecule has 0 aromatic carbocycles. The van der Waals surface area contributed by atoms with Crippen LogP contribution in [0.3, 0.4) is 0 Å². The average molecular weight is 141 g/mol. The minimum absolute atomic E-state index is 0.283. The van der Waals surface area contributed by atoms with E-state index in [-0.39, 0.29) is 6.67 Å². The zero-order valence-electron chi connectivity index (χ0n) is 6.39. The summed E-state index contributed by atoms with van der Waals surface area (Å²) >= 11 is 0. The van der Waals surface area contributed by atoms with Gasteiger partial charge in [0.05, 0.1) is 6.54 Å². The summed E-state index contributed by atoms with van der Waals surface area (Å²) in [5.74, 6) is 0. The van der Waals surface area contributed by atoms with Crippen molar-refractivity contribution in [1.29, 1.82) is 0 Å². The van der Waals surface area contributed by atoms with Crippen molar-refractivity contribution < 1.29 is 4.39 Å². The largest absolute Gasteiger partial charge is 0.349 e. The van der Waals surface area contributed by atoms with E-state index in [2.05, 4.69) is 6.07 Å². The summed E-state index contributed by atoms with van der Waals surface area (Å²) < 4.78 is 13.8. The molecule has 0 N–H and O–H groups in total. The lowest BCUT2D eigenvalue weighted by Crippen LogP contribution is -1.98. The number of nitrogens with zero attached hydrogens (tertiary/aromatic N) is 1. The summed E-state index contributed by atoms with van der Waals surface area (Å²) in [6.07, 6.45) is 1.97. The van der Waals surface area contributed by atoms with Crippen LogP contribution < -0.4 is 0 Å². The molecule has 1 rings (SSSR count). The molecule has 56 valence electrons. The van der Waals surface area contributed by atoms with Crippen LogP contribution in [0.15, 0.2) is 12.3 Å². The van der Waals surface area contributed by atoms with Gasteiger partial charge in [-0.2, -0.15) is 0 Å². The van der Waals surface area contributed by atoms with E-state index >= 15 is 0 Å². The lowest BCUT2D eigenvalue weighted by atomic mass is 10.4. The van der Waals surface area contributed by atoms with Gasteiger partial charge in [0.1, 0.15) is 6.67 Å². The smallest absolute Gasteiger partial charge is 0.107 e. The maximum absolute atomic E-state index is 11.8. The molecule has 0 saturated carbocycles. The van der Waals surface area contributed by atoms with Crippen molar-refractivity contribution in [2.24, 2.45) is 0 Å². The number of rotatable bonds is 2. The van der Waals surface area contributed by atoms with E-state index in [0.29, 0.717) is 6.54 Å². The van der Waals surface area contributed by atoms with Crippen molar-refractivity contribution in [3.05, 3.63) is 23.5 Å². The van der Waals surface area contributed by atoms with Gasteiger partial charge in [0.2, 0.25) is 0 Å². The minimum Gasteiger partial charge on any atom is -0.349 e. The Bertz CT molecular complexity index is 215. The molecule has 0 aliphatic heterocycles. The predicted octanol–water partition coefficient (Wildman–Crippen LogP) is 2.07. The molecule has 1 aromatic rings. The van der Waals surface area contributed by atoms with Crippen molar-refractivity contribution in [1.82, 2.24) is 4.57 Å². The zero-order chi connectivity index (χ0) is 7.56. The molecule has 0 atom stereocenters. The van der Waals surface area contributed by atoms with Crippen molar-refractivity contribution in [2.75, 3.05) is 6.67 Å². The number of aryl methyl sites for hydroxylation is 3. The first-order valence-corrected chi connectivity index (χ1v) is 3.43. The summed E-state index contributed by atoms with van der Waals surface area (Å²) in [7, 11) is 0. The first-order chi connectivity index (χ1) is 4.74. The van der Waals surface area contributed by atoms with Crippen LogP contribution in [0.1, 0.15) is 11.3 Å². The summed E-state index contributed by atoms with van der Waals surface area (Å²) in [6.45, 7) is 4.21. The van der Waals surface area contributed by atoms with Crippen molar-refractivity contribution in [3.8, 4) is 0 Å². The normalized spacial score (nSPS) is 10.3. The molecule has 0 fully saturated rings. The Kier molecular flexibility index (Phi) is 2.10. The minimum atomic E-state index is -0.283. The standard InChI is InChI=1S/C8H12FN/c1-7-5-8(2)10(6-7)4-3-9/h5-6H,3-4H2,1-2H3. The summed E-state index contributed by atoms with van der Waals surface area (Å²) in [5.41, 5.74) is 2.33. The van der Waals surface area contributed by atoms with Crippen LogP contribution in [0.2, 0.25) is 0 Å². The predicted molar refractivity (Wildman–Crippen MR) is 39.9 cm³/mol. The second-order valence-corrected chi connectivity index (χ2v) is 2.54. The van der Waals surface area contributed by atoms with E-state index in [1.54, 1.807) is 0 Å². The van der Waals surface area contributed by atoms with E-state index in [1.807, 2.05) is 24.6 Å². The molecule has 0 aliphatic carbocycles. The zero-order valence-corrected chi connectivity index (χ0v) is 6.39. The molecule has 0 saturated heterocycles. The topological polar surface area (TPSA) is 4.93 Å². The van der Waals surface area contributed by atoms with E-state index in [9.17, 15) is 4.39 Å². The van der Waals surface area contributed by atoms with Gasteiger partial charge in [0.25, 0.3) is 0 Å². The molecule has 0 unspecified atom stereocenters. The molecule has 0 bridgehead atoms. The third-order valence-corrected chi connectivity index (χ3v) is 1.57. The Labute approximate surface area is 60.5 Å². The summed E-state index contributed by atoms with van der Waals surface area (Å²) in [5, 5.41) is 0. The first kappa shape index (κ1) is 7.32. The highest BCUT2D eigenvalue weighted by atomic mass is 19.1. The van der Waals surface area contributed by atoms with E-state index in [4.69, 9.17) is 0 Å². The Balaban J connectivity index is 2.81. The molecular formula is C8H12FN. The lowest BCUT2D eigenvalue weighted by molar-refractivity contribution is 0.443. The molecular weight excluding hydrogens is 129 g/mol. The van der Waals surface area contributed by atoms with E-state index in [0.717, 1.165) is 5.69 Å². The Morgan fingerprint density at radius 1 is 1.50 bits per heavy atom. The number of aromatic nitrogens is 1. The van der Waals surface area contributed by atoms with Gasteiger partial charge in [-0.05, 0) is 25.5 Å². The van der Waals surface area contributed by atoms with Crippen LogP contribution in [0, 0.1) is 13.8 Å². The van der Waals surface area contributed by atoms with Gasteiger partial charge >= 0.3 is 0 Å². The maximum Gasteiger partial charge on any atom is 0.107 e. The van der Waals surface area contributed by atoms with Crippen LogP contribution >= 0.6 is 0 Å². The van der Waals surface area contributed by atoms with Crippen LogP contribution in [0.4, 0.5) is 4.39 Å². The third kappa shape index (κ3) is 1.38. The fraction of sp³-hybridized carbons (Fsp3) is 0.500. The van der Waals surface area contributed by atoms with Gasteiger partial charge in [-0.1, -0.05) is 0 Å². The number of hydrogen-bond acceptors (Lipinski definition) is 0. The first-order valence-electron chi connectivity index (χ1n) is 3.43. The monoisotopic (exact) mass is 141 g/mol. The van der Waals surface area contributed by atoms with Crippen molar-refractivity contribution in [2.45, 2.75) is 20.4 Å². The molecule has 0 spiro atoms. The molecule has 1 aromatic heterocycles. The molecule has 0 amide bonds. The van der Waals surface area contributed by atoms with Gasteiger partial charge in [0.15, 0.2) is 0 Å². The van der Waals surface area contributed by atoms with E-state index < -0.39 is 0 Å². The van der Waals surface area contributed by atoms with Gasteiger partial charge in [-0.3, -0.25) is 0 Å². The Morgan fingerprint density at radius 2 is 2.20 bits per heavy atom. The highest BCUT2D eigenvalue weighted by Crippen LogP contribution is 2.05. The molecule has 0 aliphatic rings. The molecule has 2 heteroatoms. The summed E-state index contributed by atoms with van der Waals surface area (Å²) in [4.78, 5) is 0. The second-order valence-electron chi connectivity index (χ2n) is 2.54. The van der Waals surface area contributed by atoms with Gasteiger partial charge in [0, 0.05) is 11.9 Å². The Hall–Kier alpha value is -0.790. The third-order valence-electron chi connectivity index (χ3n) is 1.57. The highest BCUT2D eigenvalue weighted by Gasteiger charge is 1.96. The molecule has 1 heterocycles. The maximum atomic E-state index is 11.8.